The summed E-state index contributed by atoms with van der Waals surface area (Å²) in [7, 11) is 0. The quantitative estimate of drug-likeness (QED) is 0.795. The number of thiophene rings is 1. The van der Waals surface area contributed by atoms with Gasteiger partial charge in [0.2, 0.25) is 0 Å². The highest BCUT2D eigenvalue weighted by Gasteiger charge is 2.20. The normalized spacial score (nSPS) is 26.6. The number of aliphatic hydroxyl groups excluding tert-OH is 1. The Bertz CT molecular complexity index is 323. The van der Waals surface area contributed by atoms with Crippen molar-refractivity contribution in [3.8, 4) is 0 Å². The van der Waals surface area contributed by atoms with E-state index in [0.717, 1.165) is 19.4 Å². The third kappa shape index (κ3) is 3.30. The van der Waals surface area contributed by atoms with Gasteiger partial charge in [-0.3, -0.25) is 0 Å². The molecule has 1 aliphatic rings. The number of aryl methyl sites for hydroxylation is 1. The molecule has 1 heterocycles. The van der Waals surface area contributed by atoms with Crippen molar-refractivity contribution < 1.29 is 5.11 Å². The summed E-state index contributed by atoms with van der Waals surface area (Å²) in [6.45, 7) is 3.04. The Balaban J connectivity index is 1.83. The number of aliphatic hydroxyl groups is 1. The van der Waals surface area contributed by atoms with Crippen molar-refractivity contribution in [2.75, 3.05) is 0 Å². The second kappa shape index (κ2) is 5.80. The highest BCUT2D eigenvalue weighted by molar-refractivity contribution is 7.11. The molecule has 0 spiro atoms. The minimum Gasteiger partial charge on any atom is -0.392 e. The lowest BCUT2D eigenvalue weighted by atomic mass is 10.1. The molecule has 0 bridgehead atoms. The Kier molecular flexibility index (Phi) is 4.38. The van der Waals surface area contributed by atoms with Crippen molar-refractivity contribution in [1.29, 1.82) is 0 Å². The van der Waals surface area contributed by atoms with Gasteiger partial charge >= 0.3 is 0 Å². The predicted molar refractivity (Wildman–Crippen MR) is 68.8 cm³/mol. The number of hydrogen-bond acceptors (Lipinski definition) is 3. The van der Waals surface area contributed by atoms with Crippen molar-refractivity contribution >= 4 is 11.3 Å². The number of rotatable bonds is 3. The molecule has 3 heteroatoms. The summed E-state index contributed by atoms with van der Waals surface area (Å²) >= 11 is 1.84. The summed E-state index contributed by atoms with van der Waals surface area (Å²) in [5.74, 6) is 0. The third-order valence-corrected chi connectivity index (χ3v) is 4.31. The number of hydrogen-bond donors (Lipinski definition) is 2. The first kappa shape index (κ1) is 12.1. The Morgan fingerprint density at radius 1 is 1.31 bits per heavy atom. The number of nitrogens with one attached hydrogen (secondary N) is 1. The highest BCUT2D eigenvalue weighted by atomic mass is 32.1. The van der Waals surface area contributed by atoms with Gasteiger partial charge in [-0.25, -0.2) is 0 Å². The van der Waals surface area contributed by atoms with E-state index >= 15 is 0 Å². The maximum atomic E-state index is 9.97. The van der Waals surface area contributed by atoms with E-state index < -0.39 is 0 Å². The molecule has 2 N–H and O–H groups in total. The molecule has 1 saturated carbocycles. The molecule has 2 nitrogen and oxygen atoms in total. The molecule has 90 valence electrons. The van der Waals surface area contributed by atoms with Crippen molar-refractivity contribution in [2.24, 2.45) is 0 Å². The summed E-state index contributed by atoms with van der Waals surface area (Å²) < 4.78 is 0. The van der Waals surface area contributed by atoms with Gasteiger partial charge in [0.15, 0.2) is 0 Å². The van der Waals surface area contributed by atoms with E-state index in [1.54, 1.807) is 0 Å². The monoisotopic (exact) mass is 239 g/mol. The molecule has 1 aromatic heterocycles. The van der Waals surface area contributed by atoms with Gasteiger partial charge in [-0.1, -0.05) is 19.3 Å². The van der Waals surface area contributed by atoms with Crippen LogP contribution >= 0.6 is 11.3 Å². The molecule has 1 aromatic rings. The summed E-state index contributed by atoms with van der Waals surface area (Å²) in [4.78, 5) is 2.73. The standard InChI is InChI=1S/C13H21NOS/c1-10-7-8-11(16-10)9-14-12-5-3-2-4-6-13(12)15/h7-8,12-15H,2-6,9H2,1H3. The highest BCUT2D eigenvalue weighted by Crippen LogP contribution is 2.20. The molecule has 0 radical (unpaired) electrons. The van der Waals surface area contributed by atoms with Crippen LogP contribution in [0.4, 0.5) is 0 Å². The first-order chi connectivity index (χ1) is 7.75. The summed E-state index contributed by atoms with van der Waals surface area (Å²) in [5.41, 5.74) is 0. The molecule has 1 aliphatic carbocycles. The van der Waals surface area contributed by atoms with E-state index in [0.29, 0.717) is 6.04 Å². The van der Waals surface area contributed by atoms with Gasteiger partial charge in [-0.15, -0.1) is 11.3 Å². The van der Waals surface area contributed by atoms with Crippen LogP contribution in [0.3, 0.4) is 0 Å². The van der Waals surface area contributed by atoms with Gasteiger partial charge in [-0.05, 0) is 31.9 Å². The molecule has 1 fully saturated rings. The van der Waals surface area contributed by atoms with E-state index in [2.05, 4.69) is 24.4 Å². The second-order valence-electron chi connectivity index (χ2n) is 4.71. The Morgan fingerprint density at radius 3 is 2.88 bits per heavy atom. The molecular formula is C13H21NOS. The molecule has 2 atom stereocenters. The van der Waals surface area contributed by atoms with Crippen LogP contribution in [0.1, 0.15) is 41.9 Å². The van der Waals surface area contributed by atoms with Crippen LogP contribution in [0.15, 0.2) is 12.1 Å². The zero-order chi connectivity index (χ0) is 11.4. The summed E-state index contributed by atoms with van der Waals surface area (Å²) in [5, 5.41) is 13.5. The lowest BCUT2D eigenvalue weighted by Crippen LogP contribution is -2.38. The van der Waals surface area contributed by atoms with Crippen molar-refractivity contribution in [1.82, 2.24) is 5.32 Å². The maximum absolute atomic E-state index is 9.97. The van der Waals surface area contributed by atoms with Gasteiger partial charge in [-0.2, -0.15) is 0 Å². The minimum absolute atomic E-state index is 0.149. The topological polar surface area (TPSA) is 32.3 Å². The lowest BCUT2D eigenvalue weighted by Gasteiger charge is -2.21. The maximum Gasteiger partial charge on any atom is 0.0693 e. The predicted octanol–water partition coefficient (Wildman–Crippen LogP) is 2.84. The van der Waals surface area contributed by atoms with E-state index in [1.807, 2.05) is 11.3 Å². The second-order valence-corrected chi connectivity index (χ2v) is 6.08. The first-order valence-corrected chi connectivity index (χ1v) is 7.04. The van der Waals surface area contributed by atoms with Crippen molar-refractivity contribution in [2.45, 2.75) is 57.7 Å². The zero-order valence-corrected chi connectivity index (χ0v) is 10.7. The van der Waals surface area contributed by atoms with Crippen molar-refractivity contribution in [3.63, 3.8) is 0 Å². The summed E-state index contributed by atoms with van der Waals surface area (Å²) in [6, 6.07) is 4.63. The zero-order valence-electron chi connectivity index (χ0n) is 9.91. The Labute approximate surface area is 102 Å². The lowest BCUT2D eigenvalue weighted by molar-refractivity contribution is 0.119. The van der Waals surface area contributed by atoms with Crippen LogP contribution in [-0.2, 0) is 6.54 Å². The SMILES string of the molecule is Cc1ccc(CNC2CCCCCC2O)s1. The van der Waals surface area contributed by atoms with Gasteiger partial charge in [0.1, 0.15) is 0 Å². The fraction of sp³-hybridized carbons (Fsp3) is 0.692. The molecule has 0 aliphatic heterocycles. The molecular weight excluding hydrogens is 218 g/mol. The third-order valence-electron chi connectivity index (χ3n) is 3.31. The van der Waals surface area contributed by atoms with Gasteiger partial charge < -0.3 is 10.4 Å². The van der Waals surface area contributed by atoms with Gasteiger partial charge in [0, 0.05) is 22.3 Å². The Morgan fingerprint density at radius 2 is 2.12 bits per heavy atom. The molecule has 16 heavy (non-hydrogen) atoms. The van der Waals surface area contributed by atoms with E-state index in [9.17, 15) is 5.11 Å². The molecule has 2 rings (SSSR count). The molecule has 0 aromatic carbocycles. The average molecular weight is 239 g/mol. The molecule has 0 saturated heterocycles. The fourth-order valence-electron chi connectivity index (χ4n) is 2.34. The largest absolute Gasteiger partial charge is 0.392 e. The first-order valence-electron chi connectivity index (χ1n) is 6.22. The van der Waals surface area contributed by atoms with Crippen LogP contribution < -0.4 is 5.32 Å². The smallest absolute Gasteiger partial charge is 0.0693 e. The van der Waals surface area contributed by atoms with Crippen LogP contribution in [0.25, 0.3) is 0 Å². The van der Waals surface area contributed by atoms with Crippen molar-refractivity contribution in [3.05, 3.63) is 21.9 Å². The minimum atomic E-state index is -0.149. The molecule has 2 unspecified atom stereocenters. The molecule has 0 amide bonds. The summed E-state index contributed by atoms with van der Waals surface area (Å²) in [6.07, 6.45) is 5.62. The van der Waals surface area contributed by atoms with Crippen LogP contribution in [-0.4, -0.2) is 17.3 Å². The van der Waals surface area contributed by atoms with Crippen LogP contribution in [0.2, 0.25) is 0 Å². The van der Waals surface area contributed by atoms with Crippen LogP contribution in [0.5, 0.6) is 0 Å². The van der Waals surface area contributed by atoms with Crippen LogP contribution in [0, 0.1) is 6.92 Å². The Hall–Kier alpha value is -0.380. The fourth-order valence-corrected chi connectivity index (χ4v) is 3.18. The van der Waals surface area contributed by atoms with E-state index in [-0.39, 0.29) is 6.10 Å². The van der Waals surface area contributed by atoms with E-state index in [4.69, 9.17) is 0 Å². The average Bonchev–Trinajstić information content (AvgIpc) is 2.56. The van der Waals surface area contributed by atoms with Gasteiger partial charge in [0.05, 0.1) is 6.10 Å². The van der Waals surface area contributed by atoms with Gasteiger partial charge in [0.25, 0.3) is 0 Å². The van der Waals surface area contributed by atoms with E-state index in [1.165, 1.54) is 29.0 Å².